The summed E-state index contributed by atoms with van der Waals surface area (Å²) in [6, 6.07) is 4.27. The molecule has 0 heterocycles. The molecule has 2 atom stereocenters. The van der Waals surface area contributed by atoms with E-state index in [1.54, 1.807) is 0 Å². The fourth-order valence-corrected chi connectivity index (χ4v) is 3.31. The molecular weight excluding hydrogens is 360 g/mol. The van der Waals surface area contributed by atoms with Gasteiger partial charge in [-0.3, -0.25) is 0 Å². The smallest absolute Gasteiger partial charge is 0.0722 e. The third kappa shape index (κ3) is 3.57. The van der Waals surface area contributed by atoms with Crippen LogP contribution in [-0.2, 0) is 6.54 Å². The highest BCUT2D eigenvalue weighted by molar-refractivity contribution is 9.11. The number of halogens is 2. The number of rotatable bonds is 3. The lowest BCUT2D eigenvalue weighted by atomic mass is 10.0. The summed E-state index contributed by atoms with van der Waals surface area (Å²) in [5.41, 5.74) is 7.86. The Bertz CT molecular complexity index is 463. The minimum Gasteiger partial charge on any atom is -0.398 e. The van der Waals surface area contributed by atoms with Gasteiger partial charge in [0.25, 0.3) is 0 Å². The molecule has 18 heavy (non-hydrogen) atoms. The monoisotopic (exact) mass is 374 g/mol. The van der Waals surface area contributed by atoms with Crippen LogP contribution in [0.1, 0.15) is 18.4 Å². The summed E-state index contributed by atoms with van der Waals surface area (Å²) < 4.78 is 1.92. The molecule has 1 aromatic carbocycles. The molecule has 0 spiro atoms. The van der Waals surface area contributed by atoms with Crippen molar-refractivity contribution in [2.75, 3.05) is 5.73 Å². The van der Waals surface area contributed by atoms with Crippen LogP contribution in [0.25, 0.3) is 0 Å². The van der Waals surface area contributed by atoms with Crippen LogP contribution < -0.4 is 11.1 Å². The van der Waals surface area contributed by atoms with Crippen LogP contribution in [0.2, 0.25) is 0 Å². The molecule has 1 aromatic rings. The number of aliphatic hydroxyl groups is 1. The van der Waals surface area contributed by atoms with Gasteiger partial charge in [0.1, 0.15) is 0 Å². The van der Waals surface area contributed by atoms with Crippen molar-refractivity contribution in [1.29, 1.82) is 0 Å². The number of anilines is 1. The molecule has 98 valence electrons. The van der Waals surface area contributed by atoms with E-state index in [4.69, 9.17) is 5.73 Å². The normalized spacial score (nSPS) is 23.3. The molecule has 0 radical (unpaired) electrons. The maximum atomic E-state index is 9.38. The summed E-state index contributed by atoms with van der Waals surface area (Å²) in [6.07, 6.45) is 5.35. The van der Waals surface area contributed by atoms with Gasteiger partial charge < -0.3 is 16.2 Å². The summed E-state index contributed by atoms with van der Waals surface area (Å²) >= 11 is 6.90. The Morgan fingerprint density at radius 3 is 2.72 bits per heavy atom. The average molecular weight is 376 g/mol. The van der Waals surface area contributed by atoms with Gasteiger partial charge in [-0.1, -0.05) is 28.1 Å². The van der Waals surface area contributed by atoms with Gasteiger partial charge in [0, 0.05) is 21.5 Å². The molecule has 0 saturated carbocycles. The molecule has 0 unspecified atom stereocenters. The minimum absolute atomic E-state index is 0.284. The largest absolute Gasteiger partial charge is 0.398 e. The van der Waals surface area contributed by atoms with E-state index in [0.717, 1.165) is 39.6 Å². The maximum Gasteiger partial charge on any atom is 0.0722 e. The second-order valence-corrected chi connectivity index (χ2v) is 6.25. The molecule has 0 saturated heterocycles. The Balaban J connectivity index is 2.00. The molecule has 1 aliphatic carbocycles. The molecule has 1 aliphatic rings. The van der Waals surface area contributed by atoms with E-state index in [1.807, 2.05) is 24.3 Å². The Morgan fingerprint density at radius 2 is 2.06 bits per heavy atom. The van der Waals surface area contributed by atoms with Gasteiger partial charge in [0.15, 0.2) is 0 Å². The molecule has 2 rings (SSSR count). The van der Waals surface area contributed by atoms with Crippen molar-refractivity contribution in [2.45, 2.75) is 31.5 Å². The van der Waals surface area contributed by atoms with Gasteiger partial charge in [-0.15, -0.1) is 0 Å². The van der Waals surface area contributed by atoms with Crippen LogP contribution in [-0.4, -0.2) is 17.3 Å². The summed E-state index contributed by atoms with van der Waals surface area (Å²) in [5, 5.41) is 12.8. The molecule has 3 nitrogen and oxygen atoms in total. The number of hydrogen-bond donors (Lipinski definition) is 3. The topological polar surface area (TPSA) is 58.3 Å². The molecule has 5 heteroatoms. The second-order valence-electron chi connectivity index (χ2n) is 4.48. The van der Waals surface area contributed by atoms with Gasteiger partial charge in [-0.05, 0) is 46.5 Å². The highest BCUT2D eigenvalue weighted by Crippen LogP contribution is 2.28. The number of benzene rings is 1. The van der Waals surface area contributed by atoms with Crippen LogP contribution >= 0.6 is 31.9 Å². The Hall–Kier alpha value is -0.360. The van der Waals surface area contributed by atoms with Crippen molar-refractivity contribution < 1.29 is 5.11 Å². The first-order chi connectivity index (χ1) is 8.56. The van der Waals surface area contributed by atoms with Crippen molar-refractivity contribution in [3.8, 4) is 0 Å². The summed E-state index contributed by atoms with van der Waals surface area (Å²) in [4.78, 5) is 0. The van der Waals surface area contributed by atoms with E-state index in [1.165, 1.54) is 0 Å². The van der Waals surface area contributed by atoms with Crippen molar-refractivity contribution >= 4 is 37.5 Å². The predicted molar refractivity (Wildman–Crippen MR) is 81.3 cm³/mol. The third-order valence-electron chi connectivity index (χ3n) is 3.07. The fourth-order valence-electron chi connectivity index (χ4n) is 2.00. The fraction of sp³-hybridized carbons (Fsp3) is 0.385. The minimum atomic E-state index is -0.284. The zero-order chi connectivity index (χ0) is 13.1. The zero-order valence-corrected chi connectivity index (χ0v) is 13.0. The van der Waals surface area contributed by atoms with Gasteiger partial charge in [-0.2, -0.15) is 0 Å². The van der Waals surface area contributed by atoms with Gasteiger partial charge in [0.2, 0.25) is 0 Å². The predicted octanol–water partition coefficient (Wildman–Crippen LogP) is 2.96. The molecule has 0 aliphatic heterocycles. The van der Waals surface area contributed by atoms with Crippen molar-refractivity contribution in [3.63, 3.8) is 0 Å². The van der Waals surface area contributed by atoms with E-state index < -0.39 is 0 Å². The molecule has 4 N–H and O–H groups in total. The average Bonchev–Trinajstić information content (AvgIpc) is 2.34. The van der Waals surface area contributed by atoms with Crippen LogP contribution in [0.4, 0.5) is 5.69 Å². The van der Waals surface area contributed by atoms with E-state index >= 15 is 0 Å². The molecule has 0 bridgehead atoms. The van der Waals surface area contributed by atoms with Crippen LogP contribution in [0.3, 0.4) is 0 Å². The van der Waals surface area contributed by atoms with Crippen LogP contribution in [0.5, 0.6) is 0 Å². The first kappa shape index (κ1) is 14.1. The molecular formula is C13H16Br2N2O. The quantitative estimate of drug-likeness (QED) is 0.562. The summed E-state index contributed by atoms with van der Waals surface area (Å²) in [6.45, 7) is 0.717. The van der Waals surface area contributed by atoms with Gasteiger partial charge in [0.05, 0.1) is 11.8 Å². The van der Waals surface area contributed by atoms with E-state index in [-0.39, 0.29) is 6.10 Å². The van der Waals surface area contributed by atoms with Crippen LogP contribution in [0, 0.1) is 0 Å². The van der Waals surface area contributed by atoms with E-state index in [2.05, 4.69) is 37.2 Å². The lowest BCUT2D eigenvalue weighted by molar-refractivity contribution is 0.198. The van der Waals surface area contributed by atoms with Crippen LogP contribution in [0.15, 0.2) is 33.2 Å². The number of aliphatic hydroxyl groups excluding tert-OH is 1. The second kappa shape index (κ2) is 6.19. The number of nitrogens with two attached hydrogens (primary N) is 1. The maximum absolute atomic E-state index is 9.38. The lowest BCUT2D eigenvalue weighted by Crippen LogP contribution is -2.30. The molecule has 0 amide bonds. The number of hydrogen-bond acceptors (Lipinski definition) is 3. The molecule has 0 aromatic heterocycles. The zero-order valence-electron chi connectivity index (χ0n) is 9.87. The standard InChI is InChI=1S/C13H16Br2N2O/c14-9-5-8(13(16)12(15)6-9)7-17-10-1-3-11(18)4-2-10/h1,3,5-6,10-11,17-18H,2,4,7,16H2/t10-,11-/m1/s1. The van der Waals surface area contributed by atoms with Crippen molar-refractivity contribution in [3.05, 3.63) is 38.8 Å². The first-order valence-corrected chi connectivity index (χ1v) is 7.48. The SMILES string of the molecule is Nc1c(Br)cc(Br)cc1CN[C@@H]1C=C[C@@H](O)CC1. The van der Waals surface area contributed by atoms with Crippen molar-refractivity contribution in [1.82, 2.24) is 5.32 Å². The highest BCUT2D eigenvalue weighted by atomic mass is 79.9. The van der Waals surface area contributed by atoms with Gasteiger partial charge >= 0.3 is 0 Å². The summed E-state index contributed by atoms with van der Waals surface area (Å²) in [5.74, 6) is 0. The number of nitrogen functional groups attached to an aromatic ring is 1. The van der Waals surface area contributed by atoms with E-state index in [9.17, 15) is 5.11 Å². The Morgan fingerprint density at radius 1 is 1.28 bits per heavy atom. The third-order valence-corrected chi connectivity index (χ3v) is 4.19. The lowest BCUT2D eigenvalue weighted by Gasteiger charge is -2.21. The molecule has 0 fully saturated rings. The van der Waals surface area contributed by atoms with Gasteiger partial charge in [-0.25, -0.2) is 0 Å². The first-order valence-electron chi connectivity index (χ1n) is 5.89. The van der Waals surface area contributed by atoms with Crippen molar-refractivity contribution in [2.24, 2.45) is 0 Å². The Labute approximate surface area is 124 Å². The Kier molecular flexibility index (Phi) is 4.84. The highest BCUT2D eigenvalue weighted by Gasteiger charge is 2.14. The summed E-state index contributed by atoms with van der Waals surface area (Å²) in [7, 11) is 0. The van der Waals surface area contributed by atoms with E-state index in [0.29, 0.717) is 6.04 Å². The number of nitrogens with one attached hydrogen (secondary N) is 1.